The predicted molar refractivity (Wildman–Crippen MR) is 85.2 cm³/mol. The molecule has 0 aliphatic heterocycles. The summed E-state index contributed by atoms with van der Waals surface area (Å²) in [6.07, 6.45) is -1.09. The number of aromatic nitrogens is 2. The van der Waals surface area contributed by atoms with E-state index in [2.05, 4.69) is 4.98 Å². The van der Waals surface area contributed by atoms with Crippen molar-refractivity contribution in [2.24, 2.45) is 0 Å². The molecule has 4 nitrogen and oxygen atoms in total. The van der Waals surface area contributed by atoms with Gasteiger partial charge in [0.15, 0.2) is 0 Å². The number of nitrogens with zero attached hydrogens (tertiary/aromatic N) is 2. The molecule has 1 heterocycles. The molecular formula is C18H13F3N2O2. The molecule has 0 saturated carbocycles. The minimum atomic E-state index is -4.38. The maximum atomic E-state index is 12.7. The van der Waals surface area contributed by atoms with Crippen molar-refractivity contribution in [3.63, 3.8) is 0 Å². The van der Waals surface area contributed by atoms with Crippen LogP contribution in [0.3, 0.4) is 0 Å². The molecule has 1 aromatic heterocycles. The van der Waals surface area contributed by atoms with Gasteiger partial charge in [-0.25, -0.2) is 9.78 Å². The van der Waals surface area contributed by atoms with E-state index in [4.69, 9.17) is 5.11 Å². The summed E-state index contributed by atoms with van der Waals surface area (Å²) >= 11 is 0. The zero-order valence-corrected chi connectivity index (χ0v) is 12.9. The maximum Gasteiger partial charge on any atom is 0.416 e. The summed E-state index contributed by atoms with van der Waals surface area (Å²) in [4.78, 5) is 15.1. The number of hydrogen-bond donors (Lipinski definition) is 1. The van der Waals surface area contributed by atoms with Gasteiger partial charge in [-0.3, -0.25) is 0 Å². The average molecular weight is 346 g/mol. The van der Waals surface area contributed by atoms with Crippen LogP contribution < -0.4 is 0 Å². The van der Waals surface area contributed by atoms with Crippen molar-refractivity contribution in [2.75, 3.05) is 0 Å². The van der Waals surface area contributed by atoms with Crippen LogP contribution in [0.5, 0.6) is 0 Å². The topological polar surface area (TPSA) is 55.1 Å². The molecule has 128 valence electrons. The number of hydrogen-bond acceptors (Lipinski definition) is 2. The lowest BCUT2D eigenvalue weighted by atomic mass is 10.1. The van der Waals surface area contributed by atoms with Crippen LogP contribution in [0.4, 0.5) is 13.2 Å². The zero-order chi connectivity index (χ0) is 18.0. The monoisotopic (exact) mass is 346 g/mol. The Labute approximate surface area is 141 Å². The highest BCUT2D eigenvalue weighted by Crippen LogP contribution is 2.30. The maximum absolute atomic E-state index is 12.7. The van der Waals surface area contributed by atoms with Gasteiger partial charge in [0.2, 0.25) is 0 Å². The molecule has 0 aliphatic carbocycles. The van der Waals surface area contributed by atoms with E-state index in [0.717, 1.165) is 17.7 Å². The summed E-state index contributed by atoms with van der Waals surface area (Å²) in [5.74, 6) is -0.462. The number of aromatic carboxylic acids is 1. The van der Waals surface area contributed by atoms with E-state index in [9.17, 15) is 18.0 Å². The Morgan fingerprint density at radius 3 is 2.24 bits per heavy atom. The van der Waals surface area contributed by atoms with Crippen molar-refractivity contribution in [1.29, 1.82) is 0 Å². The van der Waals surface area contributed by atoms with E-state index >= 15 is 0 Å². The molecule has 0 atom stereocenters. The third kappa shape index (κ3) is 3.71. The van der Waals surface area contributed by atoms with Crippen LogP contribution in [0.25, 0.3) is 11.4 Å². The fourth-order valence-electron chi connectivity index (χ4n) is 2.45. The van der Waals surface area contributed by atoms with Gasteiger partial charge >= 0.3 is 12.1 Å². The van der Waals surface area contributed by atoms with E-state index in [1.54, 1.807) is 29.1 Å². The Morgan fingerprint density at radius 2 is 1.68 bits per heavy atom. The number of alkyl halides is 3. The molecule has 0 saturated heterocycles. The first-order valence-electron chi connectivity index (χ1n) is 7.35. The van der Waals surface area contributed by atoms with Gasteiger partial charge in [-0.15, -0.1) is 0 Å². The van der Waals surface area contributed by atoms with Gasteiger partial charge < -0.3 is 9.67 Å². The fraction of sp³-hybridized carbons (Fsp3) is 0.111. The Morgan fingerprint density at radius 1 is 1.04 bits per heavy atom. The highest BCUT2D eigenvalue weighted by atomic mass is 19.4. The molecule has 3 rings (SSSR count). The number of imidazole rings is 1. The minimum absolute atomic E-state index is 0.192. The lowest BCUT2D eigenvalue weighted by molar-refractivity contribution is -0.137. The Hall–Kier alpha value is -3.09. The molecule has 0 fully saturated rings. The SMILES string of the molecule is O=C(O)c1ccc(Cn2ccnc2-c2ccc(C(F)(F)F)cc2)cc1. The van der Waals surface area contributed by atoms with Gasteiger partial charge in [-0.05, 0) is 29.8 Å². The number of halogens is 3. The minimum Gasteiger partial charge on any atom is -0.478 e. The molecule has 3 aromatic rings. The Balaban J connectivity index is 1.84. The van der Waals surface area contributed by atoms with Gasteiger partial charge in [0.1, 0.15) is 5.82 Å². The van der Waals surface area contributed by atoms with Crippen molar-refractivity contribution in [2.45, 2.75) is 12.7 Å². The van der Waals surface area contributed by atoms with E-state index in [-0.39, 0.29) is 5.56 Å². The van der Waals surface area contributed by atoms with Crippen LogP contribution in [0.1, 0.15) is 21.5 Å². The van der Waals surface area contributed by atoms with Crippen LogP contribution in [0.2, 0.25) is 0 Å². The molecule has 2 aromatic carbocycles. The average Bonchev–Trinajstić information content (AvgIpc) is 3.03. The number of carboxylic acids is 1. The van der Waals surface area contributed by atoms with E-state index in [0.29, 0.717) is 17.9 Å². The van der Waals surface area contributed by atoms with Crippen LogP contribution in [0, 0.1) is 0 Å². The first-order chi connectivity index (χ1) is 11.8. The van der Waals surface area contributed by atoms with Crippen molar-refractivity contribution in [3.8, 4) is 11.4 Å². The van der Waals surface area contributed by atoms with Gasteiger partial charge in [0.05, 0.1) is 11.1 Å². The van der Waals surface area contributed by atoms with Crippen LogP contribution in [-0.2, 0) is 12.7 Å². The summed E-state index contributed by atoms with van der Waals surface area (Å²) in [5, 5.41) is 8.91. The first kappa shape index (κ1) is 16.8. The number of carbonyl (C=O) groups is 1. The molecule has 0 radical (unpaired) electrons. The van der Waals surface area contributed by atoms with Gasteiger partial charge in [0.25, 0.3) is 0 Å². The molecule has 0 spiro atoms. The third-order valence-corrected chi connectivity index (χ3v) is 3.74. The van der Waals surface area contributed by atoms with E-state index < -0.39 is 17.7 Å². The van der Waals surface area contributed by atoms with E-state index in [1.165, 1.54) is 24.3 Å². The highest BCUT2D eigenvalue weighted by molar-refractivity contribution is 5.87. The largest absolute Gasteiger partial charge is 0.478 e. The summed E-state index contributed by atoms with van der Waals surface area (Å²) in [6, 6.07) is 11.2. The molecule has 0 aliphatic rings. The van der Waals surface area contributed by atoms with Crippen LogP contribution >= 0.6 is 0 Å². The Kier molecular flexibility index (Phi) is 4.31. The molecule has 1 N–H and O–H groups in total. The fourth-order valence-corrected chi connectivity index (χ4v) is 2.45. The second-order valence-corrected chi connectivity index (χ2v) is 5.46. The number of benzene rings is 2. The first-order valence-corrected chi connectivity index (χ1v) is 7.35. The Bertz CT molecular complexity index is 882. The van der Waals surface area contributed by atoms with Crippen molar-refractivity contribution in [3.05, 3.63) is 77.6 Å². The second kappa shape index (κ2) is 6.43. The van der Waals surface area contributed by atoms with Crippen molar-refractivity contribution < 1.29 is 23.1 Å². The summed E-state index contributed by atoms with van der Waals surface area (Å²) in [6.45, 7) is 0.427. The standard InChI is InChI=1S/C18H13F3N2O2/c19-18(20,21)15-7-5-13(6-8-15)16-22-9-10-23(16)11-12-1-3-14(4-2-12)17(24)25/h1-10H,11H2,(H,24,25). The van der Waals surface area contributed by atoms with Crippen LogP contribution in [-0.4, -0.2) is 20.6 Å². The summed E-state index contributed by atoms with van der Waals surface area (Å²) < 4.78 is 39.8. The third-order valence-electron chi connectivity index (χ3n) is 3.74. The number of rotatable bonds is 4. The lowest BCUT2D eigenvalue weighted by Gasteiger charge is -2.10. The van der Waals surface area contributed by atoms with Gasteiger partial charge in [-0.2, -0.15) is 13.2 Å². The molecule has 0 bridgehead atoms. The summed E-state index contributed by atoms with van der Waals surface area (Å²) in [7, 11) is 0. The highest BCUT2D eigenvalue weighted by Gasteiger charge is 2.30. The lowest BCUT2D eigenvalue weighted by Crippen LogP contribution is -2.05. The molecular weight excluding hydrogens is 333 g/mol. The van der Waals surface area contributed by atoms with Gasteiger partial charge in [0, 0.05) is 24.5 Å². The molecule has 25 heavy (non-hydrogen) atoms. The smallest absolute Gasteiger partial charge is 0.416 e. The van der Waals surface area contributed by atoms with Crippen LogP contribution in [0.15, 0.2) is 60.9 Å². The normalized spacial score (nSPS) is 11.5. The van der Waals surface area contributed by atoms with E-state index in [1.807, 2.05) is 0 Å². The van der Waals surface area contributed by atoms with Gasteiger partial charge in [-0.1, -0.05) is 24.3 Å². The molecule has 0 unspecified atom stereocenters. The second-order valence-electron chi connectivity index (χ2n) is 5.46. The quantitative estimate of drug-likeness (QED) is 0.766. The zero-order valence-electron chi connectivity index (χ0n) is 12.9. The number of carboxylic acid groups (broad SMARTS) is 1. The van der Waals surface area contributed by atoms with Crippen molar-refractivity contribution >= 4 is 5.97 Å². The van der Waals surface area contributed by atoms with Crippen molar-refractivity contribution in [1.82, 2.24) is 9.55 Å². The molecule has 0 amide bonds. The summed E-state index contributed by atoms with van der Waals surface area (Å²) in [5.41, 5.74) is 0.910. The molecule has 7 heteroatoms. The predicted octanol–water partition coefficient (Wildman–Crippen LogP) is 4.32.